The molecule has 47 heavy (non-hydrogen) atoms. The maximum absolute atomic E-state index is 14.9. The molecule has 2 amide bonds. The Kier molecular flexibility index (Phi) is 7.94. The SMILES string of the molecule is COc1ccc([Si](C)(C)[C@@H]2[C@@H](CCO)O[C@]3(C(=O)N(Cc4cccc(N5C(=O)COc6ccccc65)c4)c4ccccc43)[C@H]2C)cc1. The number of rotatable bonds is 8. The van der Waals surface area contributed by atoms with Crippen LogP contribution in [0.5, 0.6) is 11.5 Å². The second kappa shape index (κ2) is 12.0. The van der Waals surface area contributed by atoms with Gasteiger partial charge in [-0.25, -0.2) is 0 Å². The predicted octanol–water partition coefficient (Wildman–Crippen LogP) is 5.90. The number of amides is 2. The normalized spacial score (nSPS) is 23.6. The van der Waals surface area contributed by atoms with Crippen molar-refractivity contribution in [2.24, 2.45) is 5.92 Å². The molecule has 242 valence electrons. The monoisotopic (exact) mass is 648 g/mol. The first-order chi connectivity index (χ1) is 22.7. The van der Waals surface area contributed by atoms with E-state index in [0.29, 0.717) is 24.4 Å². The number of aliphatic hydroxyl groups excluding tert-OH is 1. The van der Waals surface area contributed by atoms with Crippen molar-refractivity contribution >= 4 is 42.1 Å². The van der Waals surface area contributed by atoms with Crippen LogP contribution in [-0.4, -0.2) is 51.4 Å². The van der Waals surface area contributed by atoms with Gasteiger partial charge in [0, 0.05) is 23.8 Å². The summed E-state index contributed by atoms with van der Waals surface area (Å²) < 4.78 is 18.1. The van der Waals surface area contributed by atoms with Gasteiger partial charge in [0.25, 0.3) is 11.8 Å². The summed E-state index contributed by atoms with van der Waals surface area (Å²) in [5.41, 5.74) is 2.90. The van der Waals surface area contributed by atoms with Crippen molar-refractivity contribution in [1.82, 2.24) is 0 Å². The molecule has 4 atom stereocenters. The molecule has 0 bridgehead atoms. The summed E-state index contributed by atoms with van der Waals surface area (Å²) in [7, 11) is -0.594. The number of para-hydroxylation sites is 3. The Bertz CT molecular complexity index is 1830. The van der Waals surface area contributed by atoms with E-state index >= 15 is 0 Å². The first-order valence-corrected chi connectivity index (χ1v) is 19.3. The van der Waals surface area contributed by atoms with Crippen LogP contribution < -0.4 is 24.5 Å². The molecule has 8 nitrogen and oxygen atoms in total. The van der Waals surface area contributed by atoms with Gasteiger partial charge in [0.1, 0.15) is 11.5 Å². The van der Waals surface area contributed by atoms with Crippen molar-refractivity contribution in [3.05, 3.63) is 108 Å². The average Bonchev–Trinajstić information content (AvgIpc) is 3.51. The van der Waals surface area contributed by atoms with Crippen LogP contribution in [0.2, 0.25) is 18.6 Å². The van der Waals surface area contributed by atoms with E-state index in [9.17, 15) is 14.7 Å². The molecule has 3 aliphatic heterocycles. The summed E-state index contributed by atoms with van der Waals surface area (Å²) in [6.45, 7) is 7.08. The Morgan fingerprint density at radius 1 is 0.936 bits per heavy atom. The van der Waals surface area contributed by atoms with Crippen LogP contribution in [0.4, 0.5) is 17.1 Å². The van der Waals surface area contributed by atoms with Crippen molar-refractivity contribution in [2.75, 3.05) is 30.1 Å². The van der Waals surface area contributed by atoms with Crippen LogP contribution >= 0.6 is 0 Å². The molecule has 3 heterocycles. The molecule has 0 aliphatic carbocycles. The van der Waals surface area contributed by atoms with Crippen LogP contribution in [0.1, 0.15) is 24.5 Å². The molecule has 7 rings (SSSR count). The van der Waals surface area contributed by atoms with E-state index in [4.69, 9.17) is 14.2 Å². The summed E-state index contributed by atoms with van der Waals surface area (Å²) in [6.07, 6.45) is 0.169. The van der Waals surface area contributed by atoms with E-state index in [0.717, 1.165) is 28.3 Å². The van der Waals surface area contributed by atoms with E-state index in [-0.39, 0.29) is 42.6 Å². The van der Waals surface area contributed by atoms with Gasteiger partial charge in [0.05, 0.1) is 39.2 Å². The van der Waals surface area contributed by atoms with Crippen LogP contribution in [-0.2, 0) is 26.5 Å². The Hall–Kier alpha value is -4.44. The number of benzene rings is 4. The zero-order valence-electron chi connectivity index (χ0n) is 27.2. The largest absolute Gasteiger partial charge is 0.497 e. The second-order valence-electron chi connectivity index (χ2n) is 13.2. The number of hydrogen-bond donors (Lipinski definition) is 1. The first-order valence-electron chi connectivity index (χ1n) is 16.2. The Balaban J connectivity index is 1.25. The zero-order valence-corrected chi connectivity index (χ0v) is 28.2. The minimum Gasteiger partial charge on any atom is -0.497 e. The molecule has 3 aliphatic rings. The molecular weight excluding hydrogens is 609 g/mol. The number of methoxy groups -OCH3 is 1. The summed E-state index contributed by atoms with van der Waals surface area (Å²) in [5.74, 6) is 1.08. The third-order valence-corrected chi connectivity index (χ3v) is 14.7. The molecule has 0 radical (unpaired) electrons. The molecule has 4 aromatic rings. The van der Waals surface area contributed by atoms with Gasteiger partial charge in [-0.15, -0.1) is 0 Å². The summed E-state index contributed by atoms with van der Waals surface area (Å²) in [4.78, 5) is 31.5. The molecule has 4 aromatic carbocycles. The molecule has 1 saturated heterocycles. The standard InChI is InChI=1S/C38H40N2O6Si/c1-25-36(47(3,4)29-18-16-28(44-2)17-19-29)34(20-21-41)46-38(25)30-12-5-6-13-31(30)39(37(38)43)23-26-10-9-11-27(22-26)40-32-14-7-8-15-33(32)45-24-35(40)42/h5-19,22,25,34,36,41H,20-21,23-24H2,1-4H3/t25-,34+,36-,38+/m0/s1. The van der Waals surface area contributed by atoms with Gasteiger partial charge < -0.3 is 24.2 Å². The third-order valence-electron chi connectivity index (χ3n) is 10.4. The van der Waals surface area contributed by atoms with Gasteiger partial charge in [-0.3, -0.25) is 14.5 Å². The molecule has 9 heteroatoms. The number of hydrogen-bond acceptors (Lipinski definition) is 6. The lowest BCUT2D eigenvalue weighted by molar-refractivity contribution is -0.146. The minimum absolute atomic E-state index is 0.0210. The Morgan fingerprint density at radius 3 is 2.40 bits per heavy atom. The Morgan fingerprint density at radius 2 is 1.66 bits per heavy atom. The van der Waals surface area contributed by atoms with E-state index in [1.54, 1.807) is 12.0 Å². The molecule has 1 fully saturated rings. The second-order valence-corrected chi connectivity index (χ2v) is 17.9. The van der Waals surface area contributed by atoms with Gasteiger partial charge in [-0.05, 0) is 60.0 Å². The molecular formula is C38H40N2O6Si. The van der Waals surface area contributed by atoms with Crippen molar-refractivity contribution in [2.45, 2.75) is 50.2 Å². The van der Waals surface area contributed by atoms with Crippen LogP contribution in [0.15, 0.2) is 97.1 Å². The predicted molar refractivity (Wildman–Crippen MR) is 184 cm³/mol. The highest BCUT2D eigenvalue weighted by Gasteiger charge is 2.66. The minimum atomic E-state index is -2.26. The first kappa shape index (κ1) is 31.2. The van der Waals surface area contributed by atoms with Crippen molar-refractivity contribution in [3.63, 3.8) is 0 Å². The van der Waals surface area contributed by atoms with Gasteiger partial charge in [0.2, 0.25) is 0 Å². The van der Waals surface area contributed by atoms with Crippen molar-refractivity contribution < 1.29 is 28.9 Å². The third kappa shape index (κ3) is 4.96. The van der Waals surface area contributed by atoms with Crippen molar-refractivity contribution in [1.29, 1.82) is 0 Å². The molecule has 1 spiro atoms. The average molecular weight is 649 g/mol. The smallest absolute Gasteiger partial charge is 0.269 e. The zero-order chi connectivity index (χ0) is 32.9. The van der Waals surface area contributed by atoms with Gasteiger partial charge in [-0.2, -0.15) is 0 Å². The number of carbonyl (C=O) groups excluding carboxylic acids is 2. The summed E-state index contributed by atoms with van der Waals surface area (Å²) in [5, 5.41) is 11.4. The lowest BCUT2D eigenvalue weighted by atomic mass is 9.82. The van der Waals surface area contributed by atoms with Crippen LogP contribution in [0, 0.1) is 5.92 Å². The van der Waals surface area contributed by atoms with Crippen LogP contribution in [0.3, 0.4) is 0 Å². The quantitative estimate of drug-likeness (QED) is 0.240. The van der Waals surface area contributed by atoms with Gasteiger partial charge in [0.15, 0.2) is 12.2 Å². The van der Waals surface area contributed by atoms with Crippen LogP contribution in [0.25, 0.3) is 0 Å². The maximum Gasteiger partial charge on any atom is 0.269 e. The van der Waals surface area contributed by atoms with E-state index in [2.05, 4.69) is 32.2 Å². The molecule has 0 unspecified atom stereocenters. The van der Waals surface area contributed by atoms with E-state index in [1.165, 1.54) is 5.19 Å². The number of carbonyl (C=O) groups is 2. The fourth-order valence-corrected chi connectivity index (χ4v) is 12.2. The van der Waals surface area contributed by atoms with E-state index < -0.39 is 13.7 Å². The van der Waals surface area contributed by atoms with E-state index in [1.807, 2.05) is 89.8 Å². The number of fused-ring (bicyclic) bond motifs is 3. The highest BCUT2D eigenvalue weighted by molar-refractivity contribution is 6.91. The topological polar surface area (TPSA) is 88.5 Å². The number of anilines is 3. The highest BCUT2D eigenvalue weighted by Crippen LogP contribution is 2.60. The van der Waals surface area contributed by atoms with Crippen molar-refractivity contribution in [3.8, 4) is 11.5 Å². The van der Waals surface area contributed by atoms with Gasteiger partial charge in [-0.1, -0.05) is 79.8 Å². The number of nitrogens with zero attached hydrogens (tertiary/aromatic N) is 2. The number of ether oxygens (including phenoxy) is 3. The maximum atomic E-state index is 14.9. The molecule has 0 saturated carbocycles. The summed E-state index contributed by atoms with van der Waals surface area (Å²) in [6, 6.07) is 31.5. The lowest BCUT2D eigenvalue weighted by Gasteiger charge is -2.37. The fraction of sp³-hybridized carbons (Fsp3) is 0.316. The Labute approximate surface area is 276 Å². The lowest BCUT2D eigenvalue weighted by Crippen LogP contribution is -2.51. The molecule has 0 aromatic heterocycles. The summed E-state index contributed by atoms with van der Waals surface area (Å²) >= 11 is 0. The van der Waals surface area contributed by atoms with Gasteiger partial charge >= 0.3 is 0 Å². The fourth-order valence-electron chi connectivity index (χ4n) is 8.18. The number of aliphatic hydroxyl groups is 1. The highest BCUT2D eigenvalue weighted by atomic mass is 28.3. The molecule has 1 N–H and O–H groups in total.